The number of alkyl halides is 3. The van der Waals surface area contributed by atoms with Crippen LogP contribution in [0.5, 0.6) is 11.5 Å². The fourth-order valence-electron chi connectivity index (χ4n) is 1.09. The quantitative estimate of drug-likeness (QED) is 0.855. The van der Waals surface area contributed by atoms with E-state index >= 15 is 0 Å². The summed E-state index contributed by atoms with van der Waals surface area (Å²) in [6.07, 6.45) is -4.53. The van der Waals surface area contributed by atoms with Crippen LogP contribution in [0.2, 0.25) is 0 Å². The van der Waals surface area contributed by atoms with Crippen LogP contribution >= 0.6 is 12.4 Å². The van der Waals surface area contributed by atoms with E-state index in [0.29, 0.717) is 0 Å². The zero-order valence-electron chi connectivity index (χ0n) is 8.28. The molecule has 3 nitrogen and oxygen atoms in total. The van der Waals surface area contributed by atoms with Gasteiger partial charge in [-0.15, -0.1) is 12.4 Å². The van der Waals surface area contributed by atoms with Crippen LogP contribution < -0.4 is 10.5 Å². The molecule has 0 spiro atoms. The third kappa shape index (κ3) is 3.18. The molecule has 0 heterocycles. The summed E-state index contributed by atoms with van der Waals surface area (Å²) in [5.41, 5.74) is 4.75. The molecule has 0 unspecified atom stereocenters. The van der Waals surface area contributed by atoms with Crippen molar-refractivity contribution in [3.63, 3.8) is 0 Å². The molecule has 0 aliphatic carbocycles. The summed E-state index contributed by atoms with van der Waals surface area (Å²) < 4.78 is 41.3. The van der Waals surface area contributed by atoms with Gasteiger partial charge in [0, 0.05) is 0 Å². The zero-order chi connectivity index (χ0) is 11.6. The van der Waals surface area contributed by atoms with Crippen LogP contribution in [0, 0.1) is 0 Å². The van der Waals surface area contributed by atoms with Crippen LogP contribution in [0.15, 0.2) is 18.2 Å². The molecule has 0 amide bonds. The second kappa shape index (κ2) is 5.27. The number of methoxy groups -OCH3 is 1. The van der Waals surface area contributed by atoms with Gasteiger partial charge in [0.15, 0.2) is 11.5 Å². The largest absolute Gasteiger partial charge is 0.504 e. The molecule has 0 saturated carbocycles. The Morgan fingerprint density at radius 3 is 2.31 bits per heavy atom. The number of phenols is 1. The average Bonchev–Trinajstić information content (AvgIpc) is 2.15. The van der Waals surface area contributed by atoms with Crippen LogP contribution in [0.3, 0.4) is 0 Å². The molecule has 0 bridgehead atoms. The highest BCUT2D eigenvalue weighted by molar-refractivity contribution is 5.85. The highest BCUT2D eigenvalue weighted by Gasteiger charge is 2.38. The van der Waals surface area contributed by atoms with E-state index in [9.17, 15) is 18.3 Å². The molecule has 0 fully saturated rings. The third-order valence-electron chi connectivity index (χ3n) is 1.91. The number of hydrogen-bond acceptors (Lipinski definition) is 3. The molecule has 1 aromatic carbocycles. The van der Waals surface area contributed by atoms with Gasteiger partial charge in [-0.3, -0.25) is 0 Å². The van der Waals surface area contributed by atoms with E-state index in [0.717, 1.165) is 12.1 Å². The van der Waals surface area contributed by atoms with Gasteiger partial charge in [-0.25, -0.2) is 0 Å². The number of phenolic OH excluding ortho intramolecular Hbond substituents is 1. The minimum absolute atomic E-state index is 0. The summed E-state index contributed by atoms with van der Waals surface area (Å²) >= 11 is 0. The monoisotopic (exact) mass is 257 g/mol. The maximum Gasteiger partial charge on any atom is 0.407 e. The number of nitrogens with two attached hydrogens (primary N) is 1. The Balaban J connectivity index is 0.00000225. The lowest BCUT2D eigenvalue weighted by Crippen LogP contribution is -2.28. The van der Waals surface area contributed by atoms with Crippen LogP contribution in [0.4, 0.5) is 13.2 Å². The van der Waals surface area contributed by atoms with Gasteiger partial charge in [0.05, 0.1) is 7.11 Å². The summed E-state index contributed by atoms with van der Waals surface area (Å²) in [4.78, 5) is 0. The highest BCUT2D eigenvalue weighted by atomic mass is 35.5. The van der Waals surface area contributed by atoms with Crippen molar-refractivity contribution in [3.05, 3.63) is 23.8 Å². The van der Waals surface area contributed by atoms with Gasteiger partial charge >= 0.3 is 6.18 Å². The van der Waals surface area contributed by atoms with Crippen molar-refractivity contribution in [2.45, 2.75) is 12.2 Å². The Morgan fingerprint density at radius 2 is 1.94 bits per heavy atom. The SMILES string of the molecule is COc1ccc([C@H](N)C(F)(F)F)cc1O.Cl. The molecular formula is C9H11ClF3NO2. The maximum absolute atomic E-state index is 12.2. The highest BCUT2D eigenvalue weighted by Crippen LogP contribution is 2.34. The van der Waals surface area contributed by atoms with Crippen molar-refractivity contribution in [2.24, 2.45) is 5.73 Å². The number of halogens is 4. The Labute approximate surface area is 96.4 Å². The topological polar surface area (TPSA) is 55.5 Å². The van der Waals surface area contributed by atoms with Crippen LogP contribution in [0.25, 0.3) is 0 Å². The minimum atomic E-state index is -4.53. The zero-order valence-corrected chi connectivity index (χ0v) is 9.10. The fraction of sp³-hybridized carbons (Fsp3) is 0.333. The molecule has 1 atom stereocenters. The molecule has 0 aromatic heterocycles. The van der Waals surface area contributed by atoms with E-state index in [-0.39, 0.29) is 29.5 Å². The fourth-order valence-corrected chi connectivity index (χ4v) is 1.09. The van der Waals surface area contributed by atoms with E-state index in [1.54, 1.807) is 0 Å². The van der Waals surface area contributed by atoms with Gasteiger partial charge in [-0.2, -0.15) is 13.2 Å². The van der Waals surface area contributed by atoms with E-state index in [2.05, 4.69) is 0 Å². The predicted molar refractivity (Wildman–Crippen MR) is 54.9 cm³/mol. The van der Waals surface area contributed by atoms with E-state index in [1.165, 1.54) is 13.2 Å². The van der Waals surface area contributed by atoms with E-state index in [4.69, 9.17) is 10.5 Å². The lowest BCUT2D eigenvalue weighted by molar-refractivity contribution is -0.149. The predicted octanol–water partition coefficient (Wildman–Crippen LogP) is 2.38. The lowest BCUT2D eigenvalue weighted by Gasteiger charge is -2.16. The first-order valence-corrected chi connectivity index (χ1v) is 4.05. The summed E-state index contributed by atoms with van der Waals surface area (Å²) in [7, 11) is 1.30. The Kier molecular flexibility index (Phi) is 4.89. The molecule has 1 rings (SSSR count). The van der Waals surface area contributed by atoms with E-state index in [1.807, 2.05) is 0 Å². The van der Waals surface area contributed by atoms with Crippen LogP contribution in [-0.4, -0.2) is 18.4 Å². The smallest absolute Gasteiger partial charge is 0.407 e. The standard InChI is InChI=1S/C9H10F3NO2.ClH/c1-15-7-3-2-5(4-6(7)14)8(13)9(10,11)12;/h2-4,8,14H,13H2,1H3;1H/t8-;/m0./s1. The van der Waals surface area contributed by atoms with Crippen molar-refractivity contribution in [3.8, 4) is 11.5 Å². The van der Waals surface area contributed by atoms with Crippen molar-refractivity contribution in [2.75, 3.05) is 7.11 Å². The molecule has 0 saturated heterocycles. The number of ether oxygens (including phenoxy) is 1. The maximum atomic E-state index is 12.2. The molecule has 0 aliphatic rings. The summed E-state index contributed by atoms with van der Waals surface area (Å²) in [6, 6.07) is 1.23. The van der Waals surface area contributed by atoms with Gasteiger partial charge in [0.1, 0.15) is 6.04 Å². The van der Waals surface area contributed by atoms with Crippen molar-refractivity contribution < 1.29 is 23.0 Å². The summed E-state index contributed by atoms with van der Waals surface area (Å²) in [5, 5.41) is 9.26. The van der Waals surface area contributed by atoms with E-state index < -0.39 is 12.2 Å². The first-order valence-electron chi connectivity index (χ1n) is 4.05. The lowest BCUT2D eigenvalue weighted by atomic mass is 10.1. The summed E-state index contributed by atoms with van der Waals surface area (Å²) in [5.74, 6) is -0.261. The third-order valence-corrected chi connectivity index (χ3v) is 1.91. The van der Waals surface area contributed by atoms with Crippen molar-refractivity contribution >= 4 is 12.4 Å². The van der Waals surface area contributed by atoms with Gasteiger partial charge < -0.3 is 15.6 Å². The average molecular weight is 258 g/mol. The summed E-state index contributed by atoms with van der Waals surface area (Å²) in [6.45, 7) is 0. The molecule has 3 N–H and O–H groups in total. The normalized spacial score (nSPS) is 12.8. The molecule has 0 aliphatic heterocycles. The molecule has 0 radical (unpaired) electrons. The number of benzene rings is 1. The second-order valence-electron chi connectivity index (χ2n) is 2.95. The number of rotatable bonds is 2. The minimum Gasteiger partial charge on any atom is -0.504 e. The first kappa shape index (κ1) is 14.9. The van der Waals surface area contributed by atoms with Crippen LogP contribution in [-0.2, 0) is 0 Å². The van der Waals surface area contributed by atoms with Crippen LogP contribution in [0.1, 0.15) is 11.6 Å². The molecule has 92 valence electrons. The molecule has 16 heavy (non-hydrogen) atoms. The molecular weight excluding hydrogens is 247 g/mol. The number of hydrogen-bond donors (Lipinski definition) is 2. The Hall–Kier alpha value is -1.14. The number of aromatic hydroxyl groups is 1. The molecule has 1 aromatic rings. The Morgan fingerprint density at radius 1 is 1.38 bits per heavy atom. The van der Waals surface area contributed by atoms with Crippen molar-refractivity contribution in [1.29, 1.82) is 0 Å². The van der Waals surface area contributed by atoms with Gasteiger partial charge in [0.2, 0.25) is 0 Å². The van der Waals surface area contributed by atoms with Gasteiger partial charge in [0.25, 0.3) is 0 Å². The first-order chi connectivity index (χ1) is 6.86. The Bertz CT molecular complexity index is 357. The van der Waals surface area contributed by atoms with Gasteiger partial charge in [-0.05, 0) is 17.7 Å². The van der Waals surface area contributed by atoms with Gasteiger partial charge in [-0.1, -0.05) is 6.07 Å². The van der Waals surface area contributed by atoms with Crippen molar-refractivity contribution in [1.82, 2.24) is 0 Å². The molecule has 7 heteroatoms. The second-order valence-corrected chi connectivity index (χ2v) is 2.95.